The lowest BCUT2D eigenvalue weighted by atomic mass is 10.2. The number of esters is 1. The minimum Gasteiger partial charge on any atom is -0.464 e. The average Bonchev–Trinajstić information content (AvgIpc) is 2.19. The summed E-state index contributed by atoms with van der Waals surface area (Å²) < 4.78 is 29.6. The molecule has 1 aromatic heterocycles. The maximum Gasteiger partial charge on any atom is 0.358 e. The van der Waals surface area contributed by atoms with E-state index in [1.807, 2.05) is 0 Å². The van der Waals surface area contributed by atoms with Crippen molar-refractivity contribution in [3.8, 4) is 0 Å². The highest BCUT2D eigenvalue weighted by Crippen LogP contribution is 2.28. The molecule has 1 heterocycles. The predicted octanol–water partition coefficient (Wildman–Crippen LogP) is 1.99. The van der Waals surface area contributed by atoms with Crippen molar-refractivity contribution in [2.75, 3.05) is 12.8 Å². The number of carbonyl (C=O) groups is 1. The summed E-state index contributed by atoms with van der Waals surface area (Å²) in [7, 11) is 1.13. The van der Waals surface area contributed by atoms with E-state index in [1.54, 1.807) is 22.6 Å². The highest BCUT2D eigenvalue weighted by molar-refractivity contribution is 14.1. The number of nitrogens with two attached hydrogens (primary N) is 1. The molecule has 0 amide bonds. The van der Waals surface area contributed by atoms with Crippen LogP contribution in [0.1, 0.15) is 22.5 Å². The van der Waals surface area contributed by atoms with E-state index in [0.29, 0.717) is 0 Å². The first-order valence-electron chi connectivity index (χ1n) is 3.79. The number of halogens is 3. The van der Waals surface area contributed by atoms with Crippen LogP contribution in [-0.4, -0.2) is 18.1 Å². The van der Waals surface area contributed by atoms with Crippen LogP contribution in [0.3, 0.4) is 0 Å². The Morgan fingerprint density at radius 2 is 2.27 bits per heavy atom. The van der Waals surface area contributed by atoms with Gasteiger partial charge in [0.05, 0.1) is 12.8 Å². The number of pyridine rings is 1. The SMILES string of the molecule is COC(=O)c1nc(I)cc(C(F)F)c1N. The van der Waals surface area contributed by atoms with E-state index in [1.165, 1.54) is 0 Å². The highest BCUT2D eigenvalue weighted by atomic mass is 127. The molecule has 0 saturated carbocycles. The standard InChI is InChI=1S/C8H7F2IN2O2/c1-15-8(14)6-5(12)3(7(9)10)2-4(11)13-6/h2,7H,12H2,1H3. The largest absolute Gasteiger partial charge is 0.464 e. The average molecular weight is 328 g/mol. The summed E-state index contributed by atoms with van der Waals surface area (Å²) in [5.74, 6) is -0.826. The van der Waals surface area contributed by atoms with Crippen LogP contribution in [0, 0.1) is 3.70 Å². The van der Waals surface area contributed by atoms with Crippen molar-refractivity contribution >= 4 is 34.2 Å². The summed E-state index contributed by atoms with van der Waals surface area (Å²) in [5.41, 5.74) is 4.36. The molecular formula is C8H7F2IN2O2. The van der Waals surface area contributed by atoms with Crippen LogP contribution >= 0.6 is 22.6 Å². The number of rotatable bonds is 2. The molecule has 15 heavy (non-hydrogen) atoms. The van der Waals surface area contributed by atoms with Gasteiger partial charge in [-0.15, -0.1) is 0 Å². The predicted molar refractivity (Wildman–Crippen MR) is 57.7 cm³/mol. The van der Waals surface area contributed by atoms with Gasteiger partial charge in [-0.05, 0) is 28.7 Å². The number of ether oxygens (including phenoxy) is 1. The van der Waals surface area contributed by atoms with E-state index in [0.717, 1.165) is 13.2 Å². The van der Waals surface area contributed by atoms with E-state index in [-0.39, 0.29) is 15.1 Å². The fourth-order valence-electron chi connectivity index (χ4n) is 0.975. The highest BCUT2D eigenvalue weighted by Gasteiger charge is 2.21. The molecule has 0 atom stereocenters. The maximum absolute atomic E-state index is 12.5. The number of aromatic nitrogens is 1. The second kappa shape index (κ2) is 4.69. The molecule has 7 heteroatoms. The fourth-order valence-corrected chi connectivity index (χ4v) is 1.55. The number of hydrogen-bond donors (Lipinski definition) is 1. The molecule has 4 nitrogen and oxygen atoms in total. The third-order valence-electron chi connectivity index (χ3n) is 1.67. The van der Waals surface area contributed by atoms with Gasteiger partial charge in [0.1, 0.15) is 3.70 Å². The quantitative estimate of drug-likeness (QED) is 0.512. The van der Waals surface area contributed by atoms with Gasteiger partial charge >= 0.3 is 5.97 Å². The molecule has 2 N–H and O–H groups in total. The molecule has 0 saturated heterocycles. The van der Waals surface area contributed by atoms with Gasteiger partial charge < -0.3 is 10.5 Å². The topological polar surface area (TPSA) is 65.2 Å². The summed E-state index contributed by atoms with van der Waals surface area (Å²) in [6, 6.07) is 1.13. The Bertz CT molecular complexity index is 398. The Labute approximate surface area is 98.0 Å². The van der Waals surface area contributed by atoms with Crippen molar-refractivity contribution in [1.29, 1.82) is 0 Å². The van der Waals surface area contributed by atoms with Gasteiger partial charge in [-0.2, -0.15) is 0 Å². The molecule has 82 valence electrons. The zero-order chi connectivity index (χ0) is 11.6. The third kappa shape index (κ3) is 2.52. The lowest BCUT2D eigenvalue weighted by Gasteiger charge is -2.08. The first-order valence-corrected chi connectivity index (χ1v) is 4.87. The Kier molecular flexibility index (Phi) is 3.77. The summed E-state index contributed by atoms with van der Waals surface area (Å²) in [4.78, 5) is 14.9. The minimum atomic E-state index is -2.75. The van der Waals surface area contributed by atoms with Crippen LogP contribution in [0.25, 0.3) is 0 Å². The van der Waals surface area contributed by atoms with Crippen LogP contribution in [0.5, 0.6) is 0 Å². The van der Waals surface area contributed by atoms with E-state index in [2.05, 4.69) is 9.72 Å². The molecule has 0 aliphatic carbocycles. The van der Waals surface area contributed by atoms with E-state index >= 15 is 0 Å². The molecule has 0 fully saturated rings. The molecule has 0 aliphatic rings. The van der Waals surface area contributed by atoms with E-state index in [9.17, 15) is 13.6 Å². The smallest absolute Gasteiger partial charge is 0.358 e. The second-order valence-electron chi connectivity index (χ2n) is 2.59. The first-order chi connectivity index (χ1) is 6.97. The number of nitrogens with zero attached hydrogens (tertiary/aromatic N) is 1. The minimum absolute atomic E-state index is 0.262. The molecule has 1 aromatic rings. The maximum atomic E-state index is 12.5. The lowest BCUT2D eigenvalue weighted by molar-refractivity contribution is 0.0594. The Morgan fingerprint density at radius 1 is 1.67 bits per heavy atom. The van der Waals surface area contributed by atoms with Gasteiger partial charge in [0.2, 0.25) is 0 Å². The molecular weight excluding hydrogens is 321 g/mol. The van der Waals surface area contributed by atoms with Crippen LogP contribution < -0.4 is 5.73 Å². The van der Waals surface area contributed by atoms with Gasteiger partial charge in [-0.25, -0.2) is 18.6 Å². The monoisotopic (exact) mass is 328 g/mol. The molecule has 1 rings (SSSR count). The number of hydrogen-bond acceptors (Lipinski definition) is 4. The van der Waals surface area contributed by atoms with E-state index < -0.39 is 18.0 Å². The second-order valence-corrected chi connectivity index (χ2v) is 3.69. The van der Waals surface area contributed by atoms with Crippen LogP contribution in [0.4, 0.5) is 14.5 Å². The Morgan fingerprint density at radius 3 is 2.73 bits per heavy atom. The van der Waals surface area contributed by atoms with Crippen molar-refractivity contribution in [2.24, 2.45) is 0 Å². The van der Waals surface area contributed by atoms with Crippen LogP contribution in [-0.2, 0) is 4.74 Å². The Hall–Kier alpha value is -0.990. The normalized spacial score (nSPS) is 10.5. The third-order valence-corrected chi connectivity index (χ3v) is 2.23. The molecule has 0 unspecified atom stereocenters. The summed E-state index contributed by atoms with van der Waals surface area (Å²) in [6.07, 6.45) is -2.75. The van der Waals surface area contributed by atoms with Gasteiger partial charge in [-0.1, -0.05) is 0 Å². The van der Waals surface area contributed by atoms with Crippen LogP contribution in [0.2, 0.25) is 0 Å². The zero-order valence-corrected chi connectivity index (χ0v) is 9.79. The molecule has 0 radical (unpaired) electrons. The van der Waals surface area contributed by atoms with E-state index in [4.69, 9.17) is 5.73 Å². The van der Waals surface area contributed by atoms with Gasteiger partial charge in [0, 0.05) is 5.56 Å². The zero-order valence-electron chi connectivity index (χ0n) is 7.63. The lowest BCUT2D eigenvalue weighted by Crippen LogP contribution is -2.12. The van der Waals surface area contributed by atoms with Crippen molar-refractivity contribution < 1.29 is 18.3 Å². The molecule has 0 aromatic carbocycles. The fraction of sp³-hybridized carbons (Fsp3) is 0.250. The number of methoxy groups -OCH3 is 1. The summed E-state index contributed by atoms with van der Waals surface area (Å²) in [6.45, 7) is 0. The number of alkyl halides is 2. The number of carbonyl (C=O) groups excluding carboxylic acids is 1. The van der Waals surface area contributed by atoms with Crippen molar-refractivity contribution in [3.63, 3.8) is 0 Å². The Balaban J connectivity index is 3.34. The first kappa shape index (κ1) is 12.1. The van der Waals surface area contributed by atoms with Crippen molar-refractivity contribution in [2.45, 2.75) is 6.43 Å². The summed E-state index contributed by atoms with van der Waals surface area (Å²) in [5, 5.41) is 0. The molecule has 0 aliphatic heterocycles. The molecule has 0 bridgehead atoms. The van der Waals surface area contributed by atoms with Crippen molar-refractivity contribution in [3.05, 3.63) is 21.0 Å². The number of nitrogen functional groups attached to an aromatic ring is 1. The molecule has 0 spiro atoms. The van der Waals surface area contributed by atoms with Gasteiger partial charge in [0.15, 0.2) is 5.69 Å². The van der Waals surface area contributed by atoms with Crippen LogP contribution in [0.15, 0.2) is 6.07 Å². The van der Waals surface area contributed by atoms with Crippen molar-refractivity contribution in [1.82, 2.24) is 4.98 Å². The van der Waals surface area contributed by atoms with Gasteiger partial charge in [-0.3, -0.25) is 0 Å². The summed E-state index contributed by atoms with van der Waals surface area (Å²) >= 11 is 1.72. The van der Waals surface area contributed by atoms with Gasteiger partial charge in [0.25, 0.3) is 6.43 Å². The number of anilines is 1.